The average molecular weight is 429 g/mol. The number of benzene rings is 3. The number of aliphatic hydroxyl groups excluding tert-OH is 1. The smallest absolute Gasteiger partial charge is 0.291 e. The van der Waals surface area contributed by atoms with E-state index in [1.165, 1.54) is 17.0 Å². The molecule has 1 aliphatic heterocycles. The Morgan fingerprint density at radius 2 is 1.75 bits per heavy atom. The zero-order valence-electron chi connectivity index (χ0n) is 17.3. The van der Waals surface area contributed by atoms with Gasteiger partial charge in [0.05, 0.1) is 29.6 Å². The number of hydrogen-bond donors (Lipinski definition) is 1. The van der Waals surface area contributed by atoms with E-state index in [2.05, 4.69) is 0 Å². The molecule has 5 rings (SSSR count). The van der Waals surface area contributed by atoms with E-state index in [4.69, 9.17) is 4.42 Å². The Morgan fingerprint density at radius 1 is 1.03 bits per heavy atom. The fourth-order valence-electron chi connectivity index (χ4n) is 4.24. The van der Waals surface area contributed by atoms with Crippen LogP contribution in [-0.4, -0.2) is 22.5 Å². The van der Waals surface area contributed by atoms with Gasteiger partial charge in [-0.15, -0.1) is 0 Å². The molecule has 3 aromatic carbocycles. The number of halogens is 1. The van der Waals surface area contributed by atoms with Crippen LogP contribution >= 0.6 is 0 Å². The summed E-state index contributed by atoms with van der Waals surface area (Å²) in [6.07, 6.45) is -0.954. The highest BCUT2D eigenvalue weighted by Crippen LogP contribution is 2.39. The molecule has 0 spiro atoms. The van der Waals surface area contributed by atoms with E-state index < -0.39 is 29.3 Å². The first-order valence-corrected chi connectivity index (χ1v) is 10.3. The monoisotopic (exact) mass is 429 g/mol. The Balaban J connectivity index is 1.68. The van der Waals surface area contributed by atoms with Crippen molar-refractivity contribution in [3.63, 3.8) is 0 Å². The third-order valence-electron chi connectivity index (χ3n) is 5.87. The van der Waals surface area contributed by atoms with Crippen molar-refractivity contribution in [1.82, 2.24) is 4.90 Å². The number of aliphatic hydroxyl groups is 1. The second-order valence-corrected chi connectivity index (χ2v) is 8.01. The van der Waals surface area contributed by atoms with Crippen LogP contribution in [0.3, 0.4) is 0 Å². The van der Waals surface area contributed by atoms with Gasteiger partial charge in [-0.25, -0.2) is 4.39 Å². The number of carbonyl (C=O) groups excluding carboxylic acids is 1. The molecule has 160 valence electrons. The molecule has 0 radical (unpaired) electrons. The van der Waals surface area contributed by atoms with Crippen molar-refractivity contribution < 1.29 is 18.7 Å². The summed E-state index contributed by atoms with van der Waals surface area (Å²) in [5.74, 6) is -1.11. The molecule has 6 heteroatoms. The molecule has 1 aliphatic rings. The Morgan fingerprint density at radius 3 is 2.47 bits per heavy atom. The summed E-state index contributed by atoms with van der Waals surface area (Å²) in [5, 5.41) is 10.9. The second kappa shape index (κ2) is 7.73. The van der Waals surface area contributed by atoms with E-state index in [0.29, 0.717) is 11.1 Å². The van der Waals surface area contributed by atoms with Gasteiger partial charge in [0.1, 0.15) is 11.4 Å². The Kier molecular flexibility index (Phi) is 4.87. The summed E-state index contributed by atoms with van der Waals surface area (Å²) in [5.41, 5.74) is 2.27. The lowest BCUT2D eigenvalue weighted by atomic mass is 9.97. The summed E-state index contributed by atoms with van der Waals surface area (Å²) >= 11 is 0. The molecule has 0 fully saturated rings. The highest BCUT2D eigenvalue weighted by molar-refractivity contribution is 5.99. The first-order chi connectivity index (χ1) is 15.4. The summed E-state index contributed by atoms with van der Waals surface area (Å²) in [7, 11) is 0. The Bertz CT molecular complexity index is 1380. The fraction of sp³-hybridized carbons (Fsp3) is 0.154. The number of nitrogens with zero attached hydrogens (tertiary/aromatic N) is 1. The lowest BCUT2D eigenvalue weighted by Gasteiger charge is -2.27. The van der Waals surface area contributed by atoms with Gasteiger partial charge in [-0.3, -0.25) is 9.59 Å². The van der Waals surface area contributed by atoms with E-state index in [1.54, 1.807) is 12.1 Å². The van der Waals surface area contributed by atoms with Crippen molar-refractivity contribution >= 4 is 16.9 Å². The van der Waals surface area contributed by atoms with Crippen LogP contribution < -0.4 is 5.43 Å². The van der Waals surface area contributed by atoms with Crippen LogP contribution in [0.5, 0.6) is 0 Å². The van der Waals surface area contributed by atoms with Crippen molar-refractivity contribution in [3.05, 3.63) is 117 Å². The van der Waals surface area contributed by atoms with Crippen LogP contribution in [0, 0.1) is 12.7 Å². The Labute approximate surface area is 183 Å². The van der Waals surface area contributed by atoms with Gasteiger partial charge in [-0.2, -0.15) is 0 Å². The summed E-state index contributed by atoms with van der Waals surface area (Å²) in [6, 6.07) is 19.4. The average Bonchev–Trinajstić information content (AvgIpc) is 3.07. The van der Waals surface area contributed by atoms with Crippen LogP contribution in [-0.2, 0) is 0 Å². The van der Waals surface area contributed by atoms with Crippen LogP contribution in [0.15, 0.2) is 82.0 Å². The van der Waals surface area contributed by atoms with Crippen molar-refractivity contribution in [2.45, 2.75) is 19.1 Å². The second-order valence-electron chi connectivity index (χ2n) is 8.01. The molecule has 1 N–H and O–H groups in total. The van der Waals surface area contributed by atoms with Crippen molar-refractivity contribution in [2.75, 3.05) is 6.54 Å². The van der Waals surface area contributed by atoms with Crippen LogP contribution in [0.4, 0.5) is 4.39 Å². The maximum Gasteiger partial charge on any atom is 0.291 e. The lowest BCUT2D eigenvalue weighted by Crippen LogP contribution is -2.33. The number of fused-ring (bicyclic) bond motifs is 2. The van der Waals surface area contributed by atoms with Gasteiger partial charge in [0.15, 0.2) is 5.43 Å². The SMILES string of the molecule is Cc1ccc(C2c3c(oc4ccc(F)cc4c3=O)C(=O)N2CC(O)c2ccccc2)cc1. The van der Waals surface area contributed by atoms with E-state index in [0.717, 1.165) is 11.6 Å². The van der Waals surface area contributed by atoms with Crippen LogP contribution in [0.1, 0.15) is 45.0 Å². The molecular weight excluding hydrogens is 409 g/mol. The number of rotatable bonds is 4. The van der Waals surface area contributed by atoms with Gasteiger partial charge in [-0.05, 0) is 36.2 Å². The number of amides is 1. The minimum Gasteiger partial charge on any atom is -0.450 e. The minimum absolute atomic E-state index is 0.0320. The largest absolute Gasteiger partial charge is 0.450 e. The molecular formula is C26H20FNO4. The molecule has 2 heterocycles. The number of aryl methyl sites for hydroxylation is 1. The molecule has 32 heavy (non-hydrogen) atoms. The van der Waals surface area contributed by atoms with Gasteiger partial charge in [0, 0.05) is 0 Å². The predicted molar refractivity (Wildman–Crippen MR) is 118 cm³/mol. The van der Waals surface area contributed by atoms with Crippen molar-refractivity contribution in [3.8, 4) is 0 Å². The number of hydrogen-bond acceptors (Lipinski definition) is 4. The first kappa shape index (κ1) is 20.2. The number of β-amino-alcohol motifs (C(OH)–C–C–N with tert-alkyl or cyclic N) is 1. The molecule has 0 bridgehead atoms. The quantitative estimate of drug-likeness (QED) is 0.518. The van der Waals surface area contributed by atoms with E-state index in [1.807, 2.05) is 49.4 Å². The van der Waals surface area contributed by atoms with Gasteiger partial charge in [0.25, 0.3) is 5.91 Å². The zero-order valence-corrected chi connectivity index (χ0v) is 17.3. The summed E-state index contributed by atoms with van der Waals surface area (Å²) in [6.45, 7) is 1.91. The van der Waals surface area contributed by atoms with Gasteiger partial charge in [-0.1, -0.05) is 60.2 Å². The summed E-state index contributed by atoms with van der Waals surface area (Å²) in [4.78, 5) is 28.2. The molecule has 4 aromatic rings. The van der Waals surface area contributed by atoms with Gasteiger partial charge < -0.3 is 14.4 Å². The van der Waals surface area contributed by atoms with Crippen LogP contribution in [0.25, 0.3) is 11.0 Å². The lowest BCUT2D eigenvalue weighted by molar-refractivity contribution is 0.0583. The third-order valence-corrected chi connectivity index (χ3v) is 5.87. The Hall–Kier alpha value is -3.77. The maximum atomic E-state index is 13.9. The molecule has 1 amide bonds. The molecule has 0 saturated heterocycles. The first-order valence-electron chi connectivity index (χ1n) is 10.3. The normalized spacial score (nSPS) is 16.4. The van der Waals surface area contributed by atoms with E-state index in [-0.39, 0.29) is 28.8 Å². The molecule has 0 aliphatic carbocycles. The third kappa shape index (κ3) is 3.29. The van der Waals surface area contributed by atoms with E-state index in [9.17, 15) is 19.1 Å². The zero-order chi connectivity index (χ0) is 22.4. The molecule has 2 atom stereocenters. The highest BCUT2D eigenvalue weighted by Gasteiger charge is 2.43. The standard InChI is InChI=1S/C26H20FNO4/c1-15-7-9-17(10-8-15)23-22-24(30)19-13-18(27)11-12-21(19)32-25(22)26(31)28(23)14-20(29)16-5-3-2-4-6-16/h2-13,20,23,29H,14H2,1H3. The molecule has 5 nitrogen and oxygen atoms in total. The van der Waals surface area contributed by atoms with Gasteiger partial charge >= 0.3 is 0 Å². The van der Waals surface area contributed by atoms with Crippen molar-refractivity contribution in [2.24, 2.45) is 0 Å². The van der Waals surface area contributed by atoms with E-state index >= 15 is 0 Å². The highest BCUT2D eigenvalue weighted by atomic mass is 19.1. The number of carbonyl (C=O) groups is 1. The maximum absolute atomic E-state index is 13.9. The summed E-state index contributed by atoms with van der Waals surface area (Å²) < 4.78 is 19.7. The van der Waals surface area contributed by atoms with Gasteiger partial charge in [0.2, 0.25) is 5.76 Å². The molecule has 2 unspecified atom stereocenters. The van der Waals surface area contributed by atoms with Crippen molar-refractivity contribution in [1.29, 1.82) is 0 Å². The topological polar surface area (TPSA) is 70.8 Å². The predicted octanol–water partition coefficient (Wildman–Crippen LogP) is 4.52. The van der Waals surface area contributed by atoms with Crippen LogP contribution in [0.2, 0.25) is 0 Å². The minimum atomic E-state index is -0.954. The molecule has 1 aromatic heterocycles. The fourth-order valence-corrected chi connectivity index (χ4v) is 4.24. The molecule has 0 saturated carbocycles.